The molecule has 1 aliphatic rings. The normalized spacial score (nSPS) is 16.2. The first-order valence-electron chi connectivity index (χ1n) is 11.8. The predicted molar refractivity (Wildman–Crippen MR) is 130 cm³/mol. The summed E-state index contributed by atoms with van der Waals surface area (Å²) in [6.07, 6.45) is 6.12. The molecule has 1 aromatic rings. The van der Waals surface area contributed by atoms with Gasteiger partial charge in [-0.2, -0.15) is 0 Å². The van der Waals surface area contributed by atoms with Gasteiger partial charge in [-0.25, -0.2) is 0 Å². The summed E-state index contributed by atoms with van der Waals surface area (Å²) in [6, 6.07) is 10.9. The van der Waals surface area contributed by atoms with Gasteiger partial charge in [0.1, 0.15) is 0 Å². The van der Waals surface area contributed by atoms with Gasteiger partial charge in [0.2, 0.25) is 5.91 Å². The maximum atomic E-state index is 12.1. The highest BCUT2D eigenvalue weighted by Crippen LogP contribution is 2.21. The van der Waals surface area contributed by atoms with Gasteiger partial charge in [-0.1, -0.05) is 30.3 Å². The molecular formula is C25H43N5O. The molecule has 2 N–H and O–H groups in total. The summed E-state index contributed by atoms with van der Waals surface area (Å²) in [5.74, 6) is 1.61. The predicted octanol–water partition coefficient (Wildman–Crippen LogP) is 3.14. The van der Waals surface area contributed by atoms with E-state index in [4.69, 9.17) is 0 Å². The van der Waals surface area contributed by atoms with Gasteiger partial charge < -0.3 is 20.4 Å². The quantitative estimate of drug-likeness (QED) is 0.360. The second kappa shape index (κ2) is 12.7. The number of likely N-dealkylation sites (N-methyl/N-ethyl adjacent to an activating group) is 1. The summed E-state index contributed by atoms with van der Waals surface area (Å²) in [5, 5.41) is 6.38. The summed E-state index contributed by atoms with van der Waals surface area (Å²) in [4.78, 5) is 20.9. The fourth-order valence-corrected chi connectivity index (χ4v) is 4.16. The van der Waals surface area contributed by atoms with E-state index in [1.54, 1.807) is 7.05 Å². The Morgan fingerprint density at radius 1 is 1.16 bits per heavy atom. The Morgan fingerprint density at radius 2 is 1.84 bits per heavy atom. The third-order valence-corrected chi connectivity index (χ3v) is 5.73. The van der Waals surface area contributed by atoms with Crippen LogP contribution in [0.2, 0.25) is 0 Å². The van der Waals surface area contributed by atoms with Crippen LogP contribution in [-0.2, 0) is 11.2 Å². The molecule has 0 spiro atoms. The van der Waals surface area contributed by atoms with E-state index < -0.39 is 0 Å². The first-order chi connectivity index (χ1) is 14.8. The Labute approximate surface area is 189 Å². The molecule has 2 rings (SSSR count). The van der Waals surface area contributed by atoms with Crippen molar-refractivity contribution in [2.24, 2.45) is 10.9 Å². The van der Waals surface area contributed by atoms with E-state index in [1.165, 1.54) is 50.9 Å². The SMILES string of the molecule is CN=C(NCCCCN1CCC(Cc2ccccc2)CC1)N(C)CC(=O)NC(C)(C)C. The fraction of sp³-hybridized carbons (Fsp3) is 0.680. The number of benzene rings is 1. The first kappa shape index (κ1) is 25.2. The number of likely N-dealkylation sites (tertiary alicyclic amines) is 1. The topological polar surface area (TPSA) is 60.0 Å². The second-order valence-electron chi connectivity index (χ2n) is 9.81. The minimum Gasteiger partial charge on any atom is -0.356 e. The van der Waals surface area contributed by atoms with Crippen LogP contribution < -0.4 is 10.6 Å². The van der Waals surface area contributed by atoms with Crippen LogP contribution in [0.15, 0.2) is 35.3 Å². The van der Waals surface area contributed by atoms with Crippen molar-refractivity contribution in [1.29, 1.82) is 0 Å². The van der Waals surface area contributed by atoms with E-state index in [1.807, 2.05) is 32.7 Å². The molecule has 6 nitrogen and oxygen atoms in total. The number of hydrogen-bond donors (Lipinski definition) is 2. The molecule has 0 aliphatic carbocycles. The Kier molecular flexibility index (Phi) is 10.3. The number of piperidine rings is 1. The summed E-state index contributed by atoms with van der Waals surface area (Å²) in [7, 11) is 3.66. The van der Waals surface area contributed by atoms with E-state index in [-0.39, 0.29) is 11.4 Å². The van der Waals surface area contributed by atoms with Crippen molar-refractivity contribution in [2.75, 3.05) is 46.8 Å². The van der Waals surface area contributed by atoms with Crippen molar-refractivity contribution in [3.05, 3.63) is 35.9 Å². The summed E-state index contributed by atoms with van der Waals surface area (Å²) >= 11 is 0. The molecule has 0 atom stereocenters. The zero-order valence-electron chi connectivity index (χ0n) is 20.3. The number of nitrogens with zero attached hydrogens (tertiary/aromatic N) is 3. The van der Waals surface area contributed by atoms with Crippen molar-refractivity contribution in [1.82, 2.24) is 20.4 Å². The zero-order valence-corrected chi connectivity index (χ0v) is 20.3. The van der Waals surface area contributed by atoms with Gasteiger partial charge in [0.15, 0.2) is 5.96 Å². The van der Waals surface area contributed by atoms with E-state index in [9.17, 15) is 4.79 Å². The number of carbonyl (C=O) groups excluding carboxylic acids is 1. The highest BCUT2D eigenvalue weighted by Gasteiger charge is 2.19. The molecule has 1 heterocycles. The Bertz CT molecular complexity index is 675. The van der Waals surface area contributed by atoms with Crippen LogP contribution in [-0.4, -0.2) is 74.0 Å². The molecule has 174 valence electrons. The Balaban J connectivity index is 1.57. The van der Waals surface area contributed by atoms with Crippen molar-refractivity contribution in [3.8, 4) is 0 Å². The maximum absolute atomic E-state index is 12.1. The second-order valence-corrected chi connectivity index (χ2v) is 9.81. The van der Waals surface area contributed by atoms with E-state index in [0.717, 1.165) is 24.8 Å². The van der Waals surface area contributed by atoms with Crippen LogP contribution in [0.1, 0.15) is 52.0 Å². The Hall–Kier alpha value is -2.08. The molecule has 1 fully saturated rings. The van der Waals surface area contributed by atoms with Gasteiger partial charge in [0.25, 0.3) is 0 Å². The number of amides is 1. The van der Waals surface area contributed by atoms with Gasteiger partial charge >= 0.3 is 0 Å². The summed E-state index contributed by atoms with van der Waals surface area (Å²) < 4.78 is 0. The number of guanidine groups is 1. The number of rotatable bonds is 9. The molecule has 0 bridgehead atoms. The molecule has 0 unspecified atom stereocenters. The third-order valence-electron chi connectivity index (χ3n) is 5.73. The lowest BCUT2D eigenvalue weighted by molar-refractivity contribution is -0.122. The molecule has 6 heteroatoms. The van der Waals surface area contributed by atoms with Gasteiger partial charge in [-0.3, -0.25) is 9.79 Å². The van der Waals surface area contributed by atoms with Gasteiger partial charge in [0, 0.05) is 26.2 Å². The van der Waals surface area contributed by atoms with Gasteiger partial charge in [0.05, 0.1) is 6.54 Å². The fourth-order valence-electron chi connectivity index (χ4n) is 4.16. The van der Waals surface area contributed by atoms with Crippen molar-refractivity contribution in [3.63, 3.8) is 0 Å². The minimum absolute atomic E-state index is 0.00798. The number of nitrogens with one attached hydrogen (secondary N) is 2. The Morgan fingerprint density at radius 3 is 2.45 bits per heavy atom. The highest BCUT2D eigenvalue weighted by atomic mass is 16.2. The maximum Gasteiger partial charge on any atom is 0.240 e. The minimum atomic E-state index is -0.217. The largest absolute Gasteiger partial charge is 0.356 e. The molecule has 0 saturated carbocycles. The van der Waals surface area contributed by atoms with Gasteiger partial charge in [-0.05, 0) is 84.0 Å². The van der Waals surface area contributed by atoms with Crippen LogP contribution >= 0.6 is 0 Å². The van der Waals surface area contributed by atoms with Crippen LogP contribution in [0.4, 0.5) is 0 Å². The number of aliphatic imine (C=N–C) groups is 1. The summed E-state index contributed by atoms with van der Waals surface area (Å²) in [6.45, 7) is 10.8. The molecule has 0 radical (unpaired) electrons. The average molecular weight is 430 g/mol. The number of hydrogen-bond acceptors (Lipinski definition) is 3. The number of carbonyl (C=O) groups is 1. The van der Waals surface area contributed by atoms with Crippen molar-refractivity contribution in [2.45, 2.75) is 58.4 Å². The van der Waals surface area contributed by atoms with Crippen molar-refractivity contribution < 1.29 is 4.79 Å². The monoisotopic (exact) mass is 429 g/mol. The van der Waals surface area contributed by atoms with E-state index in [0.29, 0.717) is 6.54 Å². The van der Waals surface area contributed by atoms with Crippen molar-refractivity contribution >= 4 is 11.9 Å². The molecule has 31 heavy (non-hydrogen) atoms. The lowest BCUT2D eigenvalue weighted by Crippen LogP contribution is -2.48. The van der Waals surface area contributed by atoms with E-state index >= 15 is 0 Å². The molecule has 1 aromatic carbocycles. The lowest BCUT2D eigenvalue weighted by Gasteiger charge is -2.32. The highest BCUT2D eigenvalue weighted by molar-refractivity contribution is 5.86. The third kappa shape index (κ3) is 10.2. The molecule has 0 aromatic heterocycles. The zero-order chi connectivity index (χ0) is 22.7. The van der Waals surface area contributed by atoms with Crippen LogP contribution in [0, 0.1) is 5.92 Å². The average Bonchev–Trinajstić information content (AvgIpc) is 2.71. The molecule has 1 saturated heterocycles. The summed E-state index contributed by atoms with van der Waals surface area (Å²) in [5.41, 5.74) is 1.26. The van der Waals surface area contributed by atoms with Crippen LogP contribution in [0.5, 0.6) is 0 Å². The van der Waals surface area contributed by atoms with Crippen LogP contribution in [0.3, 0.4) is 0 Å². The van der Waals surface area contributed by atoms with Gasteiger partial charge in [-0.15, -0.1) is 0 Å². The molecular weight excluding hydrogens is 386 g/mol. The smallest absolute Gasteiger partial charge is 0.240 e. The van der Waals surface area contributed by atoms with E-state index in [2.05, 4.69) is 50.9 Å². The molecule has 1 amide bonds. The molecule has 1 aliphatic heterocycles. The lowest BCUT2D eigenvalue weighted by atomic mass is 9.90. The van der Waals surface area contributed by atoms with Crippen LogP contribution in [0.25, 0.3) is 0 Å². The first-order valence-corrected chi connectivity index (χ1v) is 11.8. The standard InChI is InChI=1S/C25H43N5O/c1-25(2,3)28-23(31)20-29(5)24(26-4)27-15-9-10-16-30-17-13-22(14-18-30)19-21-11-7-6-8-12-21/h6-8,11-12,22H,9-10,13-20H2,1-5H3,(H,26,27)(H,28,31). The number of unbranched alkanes of at least 4 members (excludes halogenated alkanes) is 1.